The number of nitrogens with one attached hydrogen (secondary N) is 1. The highest BCUT2D eigenvalue weighted by Gasteiger charge is 2.29. The summed E-state index contributed by atoms with van der Waals surface area (Å²) in [7, 11) is 0. The first-order chi connectivity index (χ1) is 9.65. The Labute approximate surface area is 119 Å². The van der Waals surface area contributed by atoms with Crippen molar-refractivity contribution in [3.63, 3.8) is 0 Å². The molecule has 0 atom stereocenters. The Kier molecular flexibility index (Phi) is 3.47. The molecule has 4 nitrogen and oxygen atoms in total. The summed E-state index contributed by atoms with van der Waals surface area (Å²) >= 11 is 0. The summed E-state index contributed by atoms with van der Waals surface area (Å²) < 4.78 is 0. The van der Waals surface area contributed by atoms with Crippen molar-refractivity contribution in [1.29, 1.82) is 0 Å². The van der Waals surface area contributed by atoms with Crippen LogP contribution in [0.4, 0.5) is 11.4 Å². The predicted octanol–water partition coefficient (Wildman–Crippen LogP) is 2.86. The molecule has 1 aliphatic heterocycles. The number of aryl methyl sites for hydroxylation is 1. The van der Waals surface area contributed by atoms with E-state index in [1.807, 2.05) is 30.0 Å². The number of carbonyl (C=O) groups is 2. The Hall–Kier alpha value is -1.84. The van der Waals surface area contributed by atoms with E-state index in [0.717, 1.165) is 49.2 Å². The van der Waals surface area contributed by atoms with Crippen molar-refractivity contribution in [3.8, 4) is 0 Å². The number of carbonyl (C=O) groups excluding carboxylic acids is 2. The van der Waals surface area contributed by atoms with Gasteiger partial charge in [-0.2, -0.15) is 0 Å². The van der Waals surface area contributed by atoms with E-state index in [1.165, 1.54) is 0 Å². The molecule has 1 saturated heterocycles. The molecule has 0 unspecified atom stereocenters. The van der Waals surface area contributed by atoms with Gasteiger partial charge in [0.25, 0.3) is 0 Å². The van der Waals surface area contributed by atoms with Crippen molar-refractivity contribution in [2.75, 3.05) is 16.8 Å². The molecule has 0 spiro atoms. The van der Waals surface area contributed by atoms with E-state index in [0.29, 0.717) is 6.42 Å². The number of hydrogen-bond donors (Lipinski definition) is 1. The van der Waals surface area contributed by atoms with Crippen LogP contribution in [0.2, 0.25) is 0 Å². The maximum Gasteiger partial charge on any atom is 0.227 e. The summed E-state index contributed by atoms with van der Waals surface area (Å²) in [4.78, 5) is 25.6. The van der Waals surface area contributed by atoms with Crippen LogP contribution in [0.15, 0.2) is 18.2 Å². The van der Waals surface area contributed by atoms with Crippen LogP contribution >= 0.6 is 0 Å². The minimum atomic E-state index is 0.117. The molecule has 2 aliphatic rings. The highest BCUT2D eigenvalue weighted by Crippen LogP contribution is 2.31. The highest BCUT2D eigenvalue weighted by molar-refractivity contribution is 5.96. The molecule has 3 rings (SSSR count). The second kappa shape index (κ2) is 5.27. The van der Waals surface area contributed by atoms with Gasteiger partial charge < -0.3 is 10.2 Å². The largest absolute Gasteiger partial charge is 0.326 e. The average molecular weight is 272 g/mol. The molecule has 4 heteroatoms. The van der Waals surface area contributed by atoms with Crippen molar-refractivity contribution in [2.24, 2.45) is 5.92 Å². The average Bonchev–Trinajstić information content (AvgIpc) is 3.24. The number of anilines is 2. The standard InChI is InChI=1S/C16H20N2O2/c1-11-10-13(17-16(20)12-5-6-12)7-8-14(11)18-9-3-2-4-15(18)19/h7-8,10,12H,2-6,9H2,1H3,(H,17,20). The summed E-state index contributed by atoms with van der Waals surface area (Å²) in [6.45, 7) is 2.79. The summed E-state index contributed by atoms with van der Waals surface area (Å²) in [5, 5.41) is 2.94. The molecule has 106 valence electrons. The minimum absolute atomic E-state index is 0.117. The molecular formula is C16H20N2O2. The molecule has 2 amide bonds. The molecule has 1 aromatic rings. The lowest BCUT2D eigenvalue weighted by atomic mass is 10.1. The van der Waals surface area contributed by atoms with Gasteiger partial charge in [-0.15, -0.1) is 0 Å². The zero-order valence-corrected chi connectivity index (χ0v) is 11.8. The van der Waals surface area contributed by atoms with E-state index in [4.69, 9.17) is 0 Å². The molecule has 1 N–H and O–H groups in total. The van der Waals surface area contributed by atoms with E-state index in [9.17, 15) is 9.59 Å². The number of hydrogen-bond acceptors (Lipinski definition) is 2. The van der Waals surface area contributed by atoms with Crippen molar-refractivity contribution >= 4 is 23.2 Å². The van der Waals surface area contributed by atoms with Crippen LogP contribution in [0.1, 0.15) is 37.7 Å². The molecule has 1 aromatic carbocycles. The monoisotopic (exact) mass is 272 g/mol. The second-order valence-corrected chi connectivity index (χ2v) is 5.77. The highest BCUT2D eigenvalue weighted by atomic mass is 16.2. The molecule has 2 fully saturated rings. The second-order valence-electron chi connectivity index (χ2n) is 5.77. The van der Waals surface area contributed by atoms with Crippen molar-refractivity contribution in [3.05, 3.63) is 23.8 Å². The topological polar surface area (TPSA) is 49.4 Å². The van der Waals surface area contributed by atoms with Crippen LogP contribution in [-0.2, 0) is 9.59 Å². The number of rotatable bonds is 3. The number of piperidine rings is 1. The fourth-order valence-electron chi connectivity index (χ4n) is 2.69. The van der Waals surface area contributed by atoms with E-state index >= 15 is 0 Å². The van der Waals surface area contributed by atoms with Crippen LogP contribution in [0.3, 0.4) is 0 Å². The lowest BCUT2D eigenvalue weighted by molar-refractivity contribution is -0.119. The van der Waals surface area contributed by atoms with Gasteiger partial charge >= 0.3 is 0 Å². The lowest BCUT2D eigenvalue weighted by Gasteiger charge is -2.28. The third kappa shape index (κ3) is 2.69. The lowest BCUT2D eigenvalue weighted by Crippen LogP contribution is -2.35. The summed E-state index contributed by atoms with van der Waals surface area (Å²) in [5.74, 6) is 0.527. The molecule has 1 saturated carbocycles. The molecular weight excluding hydrogens is 252 g/mol. The summed E-state index contributed by atoms with van der Waals surface area (Å²) in [6, 6.07) is 5.79. The molecule has 0 aromatic heterocycles. The Balaban J connectivity index is 1.76. The van der Waals surface area contributed by atoms with Crippen LogP contribution in [0, 0.1) is 12.8 Å². The third-order valence-corrected chi connectivity index (χ3v) is 4.03. The fourth-order valence-corrected chi connectivity index (χ4v) is 2.69. The van der Waals surface area contributed by atoms with Gasteiger partial charge in [-0.1, -0.05) is 0 Å². The molecule has 0 bridgehead atoms. The van der Waals surface area contributed by atoms with E-state index in [1.54, 1.807) is 0 Å². The minimum Gasteiger partial charge on any atom is -0.326 e. The van der Waals surface area contributed by atoms with E-state index in [2.05, 4.69) is 5.32 Å². The van der Waals surface area contributed by atoms with Gasteiger partial charge in [0.2, 0.25) is 11.8 Å². The van der Waals surface area contributed by atoms with Crippen LogP contribution < -0.4 is 10.2 Å². The van der Waals surface area contributed by atoms with Gasteiger partial charge in [-0.05, 0) is 56.4 Å². The van der Waals surface area contributed by atoms with E-state index < -0.39 is 0 Å². The van der Waals surface area contributed by atoms with Gasteiger partial charge in [-0.25, -0.2) is 0 Å². The Bertz CT molecular complexity index is 549. The van der Waals surface area contributed by atoms with Gasteiger partial charge in [0.15, 0.2) is 0 Å². The first-order valence-electron chi connectivity index (χ1n) is 7.37. The summed E-state index contributed by atoms with van der Waals surface area (Å²) in [6.07, 6.45) is 4.70. The SMILES string of the molecule is Cc1cc(NC(=O)C2CC2)ccc1N1CCCCC1=O. The first-order valence-corrected chi connectivity index (χ1v) is 7.37. The molecule has 1 heterocycles. The summed E-state index contributed by atoms with van der Waals surface area (Å²) in [5.41, 5.74) is 2.83. The zero-order chi connectivity index (χ0) is 14.1. The molecule has 0 radical (unpaired) electrons. The Morgan fingerprint density at radius 1 is 1.30 bits per heavy atom. The van der Waals surface area contributed by atoms with Crippen molar-refractivity contribution < 1.29 is 9.59 Å². The van der Waals surface area contributed by atoms with Gasteiger partial charge in [0, 0.05) is 30.3 Å². The zero-order valence-electron chi connectivity index (χ0n) is 11.8. The number of amides is 2. The van der Waals surface area contributed by atoms with E-state index in [-0.39, 0.29) is 17.7 Å². The quantitative estimate of drug-likeness (QED) is 0.919. The number of nitrogens with zero attached hydrogens (tertiary/aromatic N) is 1. The predicted molar refractivity (Wildman–Crippen MR) is 78.7 cm³/mol. The van der Waals surface area contributed by atoms with Crippen LogP contribution in [-0.4, -0.2) is 18.4 Å². The van der Waals surface area contributed by atoms with Gasteiger partial charge in [0.1, 0.15) is 0 Å². The van der Waals surface area contributed by atoms with Crippen molar-refractivity contribution in [2.45, 2.75) is 39.0 Å². The van der Waals surface area contributed by atoms with Gasteiger partial charge in [0.05, 0.1) is 0 Å². The maximum atomic E-state index is 12.0. The Morgan fingerprint density at radius 3 is 2.75 bits per heavy atom. The van der Waals surface area contributed by atoms with Crippen LogP contribution in [0.25, 0.3) is 0 Å². The smallest absolute Gasteiger partial charge is 0.227 e. The third-order valence-electron chi connectivity index (χ3n) is 4.03. The number of benzene rings is 1. The fraction of sp³-hybridized carbons (Fsp3) is 0.500. The molecule has 1 aliphatic carbocycles. The molecule has 20 heavy (non-hydrogen) atoms. The van der Waals surface area contributed by atoms with Crippen LogP contribution in [0.5, 0.6) is 0 Å². The first kappa shape index (κ1) is 13.2. The van der Waals surface area contributed by atoms with Crippen molar-refractivity contribution in [1.82, 2.24) is 0 Å². The normalized spacial score (nSPS) is 19.1. The van der Waals surface area contributed by atoms with Gasteiger partial charge in [-0.3, -0.25) is 9.59 Å². The maximum absolute atomic E-state index is 12.0. The Morgan fingerprint density at radius 2 is 2.10 bits per heavy atom.